The number of alkyl halides is 3. The van der Waals surface area contributed by atoms with Crippen molar-refractivity contribution in [3.63, 3.8) is 0 Å². The van der Waals surface area contributed by atoms with Crippen LogP contribution in [0.15, 0.2) is 65.5 Å². The fourth-order valence-corrected chi connectivity index (χ4v) is 4.35. The highest BCUT2D eigenvalue weighted by Gasteiger charge is 2.37. The van der Waals surface area contributed by atoms with Crippen LogP contribution in [0.3, 0.4) is 0 Å². The summed E-state index contributed by atoms with van der Waals surface area (Å²) >= 11 is 0. The Morgan fingerprint density at radius 1 is 0.976 bits per heavy atom. The predicted molar refractivity (Wildman–Crippen MR) is 149 cm³/mol. The number of carbonyl (C=O) groups excluding carboxylic acids is 1. The molecule has 0 bridgehead atoms. The third-order valence-corrected chi connectivity index (χ3v) is 6.33. The zero-order valence-electron chi connectivity index (χ0n) is 23.1. The Kier molecular flexibility index (Phi) is 9.71. The number of nitrogens with zero attached hydrogens (tertiary/aromatic N) is 2. The van der Waals surface area contributed by atoms with Crippen LogP contribution in [0.5, 0.6) is 0 Å². The van der Waals surface area contributed by atoms with Crippen molar-refractivity contribution in [3.8, 4) is 0 Å². The Balaban J connectivity index is 0.000000274. The van der Waals surface area contributed by atoms with Gasteiger partial charge < -0.3 is 19.9 Å². The second kappa shape index (κ2) is 12.8. The van der Waals surface area contributed by atoms with Crippen LogP contribution in [0.4, 0.5) is 27.6 Å². The van der Waals surface area contributed by atoms with Crippen molar-refractivity contribution in [1.82, 2.24) is 9.88 Å². The molecule has 0 aliphatic carbocycles. The van der Waals surface area contributed by atoms with E-state index < -0.39 is 52.9 Å². The Hall–Kier alpha value is -4.74. The fourth-order valence-electron chi connectivity index (χ4n) is 4.35. The molecule has 0 saturated heterocycles. The molecule has 0 spiro atoms. The van der Waals surface area contributed by atoms with Gasteiger partial charge in [-0.05, 0) is 42.8 Å². The molecule has 3 aromatic carbocycles. The molecule has 4 aromatic rings. The highest BCUT2D eigenvalue weighted by Crippen LogP contribution is 2.38. The molecule has 222 valence electrons. The number of aryl methyl sites for hydroxylation is 2. The van der Waals surface area contributed by atoms with Gasteiger partial charge in [0.05, 0.1) is 11.1 Å². The van der Waals surface area contributed by atoms with Crippen molar-refractivity contribution in [1.29, 1.82) is 0 Å². The third kappa shape index (κ3) is 7.31. The standard InChI is InChI=1S/C21H21F3N2O.C9H7F2NO3/c1-13-6-5-7-14(10-13)11-17-19(21(22,23)24)16-12-15(25(2)3)8-9-18(16)26(4)20(17)27;10-5-2-1-3-6(11)8(5)9(15)12-4-7(13)14/h5-10,12H,11H2,1-4H3;1-3H,4H2,(H,12,15)(H,13,14). The predicted octanol–water partition coefficient (Wildman–Crippen LogP) is 5.30. The normalized spacial score (nSPS) is 11.1. The number of pyridine rings is 1. The molecule has 0 saturated carbocycles. The summed E-state index contributed by atoms with van der Waals surface area (Å²) in [7, 11) is 5.05. The van der Waals surface area contributed by atoms with Gasteiger partial charge in [0.1, 0.15) is 23.7 Å². The minimum absolute atomic E-state index is 0.0402. The Morgan fingerprint density at radius 2 is 1.60 bits per heavy atom. The van der Waals surface area contributed by atoms with Crippen LogP contribution in [0, 0.1) is 18.6 Å². The summed E-state index contributed by atoms with van der Waals surface area (Å²) in [6.07, 6.45) is -4.69. The van der Waals surface area contributed by atoms with Crippen LogP contribution < -0.4 is 15.8 Å². The highest BCUT2D eigenvalue weighted by atomic mass is 19.4. The minimum Gasteiger partial charge on any atom is -0.480 e. The quantitative estimate of drug-likeness (QED) is 0.298. The molecule has 1 aromatic heterocycles. The van der Waals surface area contributed by atoms with Crippen LogP contribution in [-0.4, -0.2) is 42.2 Å². The average molecular weight is 590 g/mol. The lowest BCUT2D eigenvalue weighted by molar-refractivity contribution is -0.137. The first kappa shape index (κ1) is 31.8. The zero-order chi connectivity index (χ0) is 31.4. The monoisotopic (exact) mass is 589 g/mol. The molecular weight excluding hydrogens is 561 g/mol. The van der Waals surface area contributed by atoms with E-state index in [9.17, 15) is 36.3 Å². The molecule has 1 heterocycles. The number of rotatable bonds is 6. The molecule has 7 nitrogen and oxygen atoms in total. The summed E-state index contributed by atoms with van der Waals surface area (Å²) in [6, 6.07) is 14.9. The lowest BCUT2D eigenvalue weighted by atomic mass is 9.96. The third-order valence-electron chi connectivity index (χ3n) is 6.33. The number of halogens is 5. The van der Waals surface area contributed by atoms with Crippen molar-refractivity contribution in [3.05, 3.63) is 110 Å². The summed E-state index contributed by atoms with van der Waals surface area (Å²) in [5.41, 5.74) is 0.0749. The molecule has 0 atom stereocenters. The van der Waals surface area contributed by atoms with Crippen LogP contribution in [0.2, 0.25) is 0 Å². The van der Waals surface area contributed by atoms with Gasteiger partial charge in [-0.2, -0.15) is 13.2 Å². The molecule has 0 aliphatic rings. The first-order valence-electron chi connectivity index (χ1n) is 12.5. The molecule has 0 fully saturated rings. The molecule has 0 radical (unpaired) electrons. The van der Waals surface area contributed by atoms with Gasteiger partial charge in [-0.1, -0.05) is 35.9 Å². The summed E-state index contributed by atoms with van der Waals surface area (Å²) in [5, 5.41) is 10.1. The maximum Gasteiger partial charge on any atom is 0.417 e. The van der Waals surface area contributed by atoms with Gasteiger partial charge in [0, 0.05) is 44.2 Å². The van der Waals surface area contributed by atoms with Gasteiger partial charge in [0.15, 0.2) is 0 Å². The maximum atomic E-state index is 14.0. The van der Waals surface area contributed by atoms with Gasteiger partial charge >= 0.3 is 12.1 Å². The topological polar surface area (TPSA) is 91.6 Å². The number of carbonyl (C=O) groups is 2. The molecule has 4 rings (SSSR count). The second-order valence-electron chi connectivity index (χ2n) is 9.65. The molecule has 12 heteroatoms. The zero-order valence-corrected chi connectivity index (χ0v) is 23.1. The summed E-state index contributed by atoms with van der Waals surface area (Å²) in [6.45, 7) is 1.18. The van der Waals surface area contributed by atoms with E-state index in [-0.39, 0.29) is 22.9 Å². The number of benzene rings is 3. The van der Waals surface area contributed by atoms with E-state index in [2.05, 4.69) is 0 Å². The number of carboxylic acid groups (broad SMARTS) is 1. The number of fused-ring (bicyclic) bond motifs is 1. The smallest absolute Gasteiger partial charge is 0.417 e. The summed E-state index contributed by atoms with van der Waals surface area (Å²) in [5.74, 6) is -4.44. The van der Waals surface area contributed by atoms with E-state index in [1.54, 1.807) is 49.3 Å². The minimum atomic E-state index is -4.63. The number of amides is 1. The van der Waals surface area contributed by atoms with Crippen LogP contribution in [0.1, 0.15) is 32.6 Å². The average Bonchev–Trinajstić information content (AvgIpc) is 2.89. The van der Waals surface area contributed by atoms with E-state index in [1.807, 2.05) is 18.3 Å². The fraction of sp³-hybridized carbons (Fsp3) is 0.233. The van der Waals surface area contributed by atoms with E-state index in [0.717, 1.165) is 23.8 Å². The number of nitrogens with one attached hydrogen (secondary N) is 1. The van der Waals surface area contributed by atoms with Crippen molar-refractivity contribution in [2.75, 3.05) is 25.5 Å². The molecule has 42 heavy (non-hydrogen) atoms. The molecule has 0 aliphatic heterocycles. The van der Waals surface area contributed by atoms with Crippen molar-refractivity contribution in [2.24, 2.45) is 7.05 Å². The van der Waals surface area contributed by atoms with Gasteiger partial charge in [0.2, 0.25) is 0 Å². The Labute approximate surface area is 237 Å². The van der Waals surface area contributed by atoms with Crippen molar-refractivity contribution < 1.29 is 36.6 Å². The number of aromatic nitrogens is 1. The number of hydrogen-bond acceptors (Lipinski definition) is 4. The van der Waals surface area contributed by atoms with E-state index in [4.69, 9.17) is 5.11 Å². The molecule has 0 unspecified atom stereocenters. The van der Waals surface area contributed by atoms with Crippen molar-refractivity contribution in [2.45, 2.75) is 19.5 Å². The van der Waals surface area contributed by atoms with Gasteiger partial charge in [0.25, 0.3) is 11.5 Å². The van der Waals surface area contributed by atoms with Crippen LogP contribution >= 0.6 is 0 Å². The van der Waals surface area contributed by atoms with Crippen LogP contribution in [-0.2, 0) is 24.4 Å². The molecular formula is C30H28F5N3O4. The number of aliphatic carboxylic acids is 1. The van der Waals surface area contributed by atoms with E-state index in [0.29, 0.717) is 11.3 Å². The summed E-state index contributed by atoms with van der Waals surface area (Å²) in [4.78, 5) is 35.8. The number of hydrogen-bond donors (Lipinski definition) is 2. The molecule has 1 amide bonds. The van der Waals surface area contributed by atoms with Gasteiger partial charge in [-0.25, -0.2) is 8.78 Å². The lowest BCUT2D eigenvalue weighted by Crippen LogP contribution is -2.30. The first-order valence-corrected chi connectivity index (χ1v) is 12.5. The van der Waals surface area contributed by atoms with Gasteiger partial charge in [-0.3, -0.25) is 14.4 Å². The summed E-state index contributed by atoms with van der Waals surface area (Å²) < 4.78 is 69.4. The maximum absolute atomic E-state index is 14.0. The largest absolute Gasteiger partial charge is 0.480 e. The number of anilines is 1. The van der Waals surface area contributed by atoms with Gasteiger partial charge in [-0.15, -0.1) is 0 Å². The van der Waals surface area contributed by atoms with E-state index in [1.165, 1.54) is 17.7 Å². The molecule has 2 N–H and O–H groups in total. The highest BCUT2D eigenvalue weighted by molar-refractivity contribution is 5.96. The number of carboxylic acids is 1. The SMILES string of the molecule is Cc1cccc(Cc2c(C(F)(F)F)c3cc(N(C)C)ccc3n(C)c2=O)c1.O=C(O)CNC(=O)c1c(F)cccc1F. The van der Waals surface area contributed by atoms with E-state index >= 15 is 0 Å². The first-order chi connectivity index (χ1) is 19.6. The van der Waals surface area contributed by atoms with Crippen LogP contribution in [0.25, 0.3) is 10.9 Å². The second-order valence-corrected chi connectivity index (χ2v) is 9.65. The van der Waals surface area contributed by atoms with Crippen molar-refractivity contribution >= 4 is 28.5 Å². The lowest BCUT2D eigenvalue weighted by Gasteiger charge is -2.20. The Morgan fingerprint density at radius 3 is 2.14 bits per heavy atom. The Bertz CT molecular complexity index is 1680.